The molecule has 0 bridgehead atoms. The summed E-state index contributed by atoms with van der Waals surface area (Å²) in [4.78, 5) is 27.2. The normalized spacial score (nSPS) is 11.8. The molecule has 6 nitrogen and oxygen atoms in total. The average Bonchev–Trinajstić information content (AvgIpc) is 4.46. The monoisotopic (exact) mass is 1190 g/mol. The minimum absolute atomic E-state index is 0.679. The number of thiazole rings is 2. The predicted octanol–water partition coefficient (Wildman–Crippen LogP) is 25.0. The molecule has 0 spiro atoms. The van der Waals surface area contributed by atoms with Gasteiger partial charge in [0.1, 0.15) is 0 Å². The SMILES string of the molecule is CCCCCCCCCCCCOc1cc(-c2cc3sc4cc(-c5sc(-c6nc(CCCCCC)c(C=O)s6)nc5CCCCCC)sc4c3s2)cc(OCCCCCCCCCCCC)c1OCCCCCCCCCCCC. The first-order valence-corrected chi connectivity index (χ1v) is 37.1. The zero-order valence-corrected chi connectivity index (χ0v) is 54.9. The van der Waals surface area contributed by atoms with E-state index >= 15 is 0 Å². The summed E-state index contributed by atoms with van der Waals surface area (Å²) < 4.78 is 25.9. The molecule has 6 rings (SSSR count). The van der Waals surface area contributed by atoms with Gasteiger partial charge in [-0.1, -0.05) is 247 Å². The summed E-state index contributed by atoms with van der Waals surface area (Å²) in [5.41, 5.74) is 3.27. The lowest BCUT2D eigenvalue weighted by Crippen LogP contribution is -2.06. The number of carbonyl (C=O) groups is 1. The van der Waals surface area contributed by atoms with Crippen LogP contribution in [0.3, 0.4) is 0 Å². The van der Waals surface area contributed by atoms with Gasteiger partial charge in [0.15, 0.2) is 27.8 Å². The van der Waals surface area contributed by atoms with E-state index in [0.717, 1.165) is 94.6 Å². The van der Waals surface area contributed by atoms with Crippen LogP contribution in [0.25, 0.3) is 49.0 Å². The predicted molar refractivity (Wildman–Crippen MR) is 356 cm³/mol. The number of carbonyl (C=O) groups excluding carboxylic acids is 1. The van der Waals surface area contributed by atoms with Crippen molar-refractivity contribution in [1.29, 1.82) is 0 Å². The summed E-state index contributed by atoms with van der Waals surface area (Å²) in [6, 6.07) is 9.35. The summed E-state index contributed by atoms with van der Waals surface area (Å²) in [6.07, 6.45) is 51.3. The van der Waals surface area contributed by atoms with Gasteiger partial charge in [-0.05, 0) is 74.8 Å². The van der Waals surface area contributed by atoms with Gasteiger partial charge in [0.25, 0.3) is 0 Å². The van der Waals surface area contributed by atoms with Crippen LogP contribution in [0.5, 0.6) is 17.2 Å². The number of rotatable bonds is 50. The van der Waals surface area contributed by atoms with Crippen LogP contribution in [0.4, 0.5) is 0 Å². The lowest BCUT2D eigenvalue weighted by Gasteiger charge is -2.19. The van der Waals surface area contributed by atoms with Crippen LogP contribution in [0.2, 0.25) is 0 Å². The lowest BCUT2D eigenvalue weighted by molar-refractivity contribution is 0.112. The van der Waals surface area contributed by atoms with Gasteiger partial charge in [-0.2, -0.15) is 0 Å². The van der Waals surface area contributed by atoms with E-state index in [1.807, 2.05) is 34.0 Å². The molecule has 0 saturated carbocycles. The van der Waals surface area contributed by atoms with Crippen LogP contribution in [-0.4, -0.2) is 36.1 Å². The first-order valence-electron chi connectivity index (χ1n) is 33.0. The number of benzene rings is 1. The fourth-order valence-electron chi connectivity index (χ4n) is 10.9. The molecule has 446 valence electrons. The Hall–Kier alpha value is -2.83. The van der Waals surface area contributed by atoms with Gasteiger partial charge in [0.05, 0.1) is 50.4 Å². The number of aldehydes is 1. The number of unbranched alkanes of at least 4 members (excludes halogenated alkanes) is 33. The van der Waals surface area contributed by atoms with E-state index in [0.29, 0.717) is 19.8 Å². The highest BCUT2D eigenvalue weighted by Crippen LogP contribution is 2.52. The first kappa shape index (κ1) is 66.3. The van der Waals surface area contributed by atoms with Crippen LogP contribution in [0, 0.1) is 0 Å². The fraction of sp³-hybridized carbons (Fsp3) is 0.696. The Morgan fingerprint density at radius 1 is 0.375 bits per heavy atom. The van der Waals surface area contributed by atoms with E-state index < -0.39 is 0 Å². The Bertz CT molecular complexity index is 2520. The highest BCUT2D eigenvalue weighted by atomic mass is 32.1. The smallest absolute Gasteiger partial charge is 0.203 e. The molecule has 0 N–H and O–H groups in total. The minimum atomic E-state index is 0.679. The topological polar surface area (TPSA) is 70.5 Å². The van der Waals surface area contributed by atoms with Gasteiger partial charge >= 0.3 is 0 Å². The molecule has 6 aromatic rings. The molecule has 0 aliphatic carbocycles. The largest absolute Gasteiger partial charge is 0.490 e. The second kappa shape index (κ2) is 40.4. The van der Waals surface area contributed by atoms with Crippen molar-refractivity contribution in [3.63, 3.8) is 0 Å². The van der Waals surface area contributed by atoms with Crippen molar-refractivity contribution in [3.05, 3.63) is 40.5 Å². The molecule has 1 aromatic carbocycles. The van der Waals surface area contributed by atoms with E-state index in [-0.39, 0.29) is 0 Å². The first-order chi connectivity index (χ1) is 39.5. The van der Waals surface area contributed by atoms with Crippen LogP contribution in [0.15, 0.2) is 24.3 Å². The maximum Gasteiger partial charge on any atom is 0.203 e. The maximum absolute atomic E-state index is 12.3. The Labute approximate surface area is 506 Å². The molecule has 0 aliphatic rings. The highest BCUT2D eigenvalue weighted by Gasteiger charge is 2.24. The molecule has 0 radical (unpaired) electrons. The van der Waals surface area contributed by atoms with E-state index in [9.17, 15) is 4.79 Å². The number of thiophene rings is 3. The van der Waals surface area contributed by atoms with Gasteiger partial charge in [0.2, 0.25) is 5.75 Å². The summed E-state index contributed by atoms with van der Waals surface area (Å²) in [5.74, 6) is 2.46. The van der Waals surface area contributed by atoms with Gasteiger partial charge in [-0.25, -0.2) is 9.97 Å². The summed E-state index contributed by atoms with van der Waals surface area (Å²) in [6.45, 7) is 13.5. The third-order valence-corrected chi connectivity index (χ3v) is 22.1. The van der Waals surface area contributed by atoms with Crippen LogP contribution >= 0.6 is 56.7 Å². The molecule has 0 atom stereocenters. The van der Waals surface area contributed by atoms with Crippen molar-refractivity contribution >= 4 is 81.8 Å². The second-order valence-electron chi connectivity index (χ2n) is 23.0. The molecule has 0 unspecified atom stereocenters. The van der Waals surface area contributed by atoms with Crippen molar-refractivity contribution in [2.45, 2.75) is 291 Å². The minimum Gasteiger partial charge on any atom is -0.490 e. The second-order valence-corrected chi connectivity index (χ2v) is 28.2. The molecule has 0 amide bonds. The van der Waals surface area contributed by atoms with Crippen molar-refractivity contribution in [3.8, 4) is 47.5 Å². The zero-order valence-electron chi connectivity index (χ0n) is 50.9. The standard InChI is InChI=1S/C69H106N2O4S5/c1-6-11-16-21-24-27-30-33-36-41-46-73-57-49-54(50-58(74-47-42-37-34-31-28-25-22-17-12-7-2)64(57)75-48-43-38-35-32-29-26-23-18-13-8-3)59-51-61-66(77-59)67-62(76-61)52-60(78-67)65-56(45-40-20-15-10-5)71-69(80-65)68-70-55(63(53-72)79-68)44-39-19-14-9-4/h49-53H,6-48H2,1-5H3. The van der Waals surface area contributed by atoms with Gasteiger partial charge in [-0.15, -0.1) is 56.7 Å². The third kappa shape index (κ3) is 23.0. The van der Waals surface area contributed by atoms with Crippen LogP contribution < -0.4 is 14.2 Å². The number of hydrogen-bond acceptors (Lipinski definition) is 11. The zero-order chi connectivity index (χ0) is 56.2. The van der Waals surface area contributed by atoms with Gasteiger partial charge in [-0.3, -0.25) is 4.79 Å². The molecular formula is C69H106N2O4S5. The van der Waals surface area contributed by atoms with Crippen LogP contribution in [-0.2, 0) is 12.8 Å². The lowest BCUT2D eigenvalue weighted by atomic mass is 10.1. The number of hydrogen-bond donors (Lipinski definition) is 0. The molecule has 0 aliphatic heterocycles. The average molecular weight is 1190 g/mol. The number of aryl methyl sites for hydroxylation is 2. The summed E-state index contributed by atoms with van der Waals surface area (Å²) in [5, 5.41) is 1.84. The van der Waals surface area contributed by atoms with Crippen molar-refractivity contribution < 1.29 is 19.0 Å². The Morgan fingerprint density at radius 2 is 0.738 bits per heavy atom. The van der Waals surface area contributed by atoms with E-state index in [4.69, 9.17) is 24.2 Å². The van der Waals surface area contributed by atoms with Crippen molar-refractivity contribution in [2.75, 3.05) is 19.8 Å². The molecule has 80 heavy (non-hydrogen) atoms. The quantitative estimate of drug-likeness (QED) is 0.0280. The molecule has 11 heteroatoms. The van der Waals surface area contributed by atoms with E-state index in [1.165, 1.54) is 262 Å². The number of aromatic nitrogens is 2. The van der Waals surface area contributed by atoms with Crippen molar-refractivity contribution in [2.24, 2.45) is 0 Å². The summed E-state index contributed by atoms with van der Waals surface area (Å²) in [7, 11) is 0. The Balaban J connectivity index is 1.23. The van der Waals surface area contributed by atoms with E-state index in [1.54, 1.807) is 11.3 Å². The van der Waals surface area contributed by atoms with Gasteiger partial charge in [0, 0.05) is 19.2 Å². The summed E-state index contributed by atoms with van der Waals surface area (Å²) >= 11 is 9.02. The Morgan fingerprint density at radius 3 is 1.19 bits per heavy atom. The number of ether oxygens (including phenoxy) is 3. The molecular weight excluding hydrogens is 1080 g/mol. The maximum atomic E-state index is 12.3. The molecule has 5 heterocycles. The van der Waals surface area contributed by atoms with E-state index in [2.05, 4.69) is 58.9 Å². The number of fused-ring (bicyclic) bond motifs is 3. The molecule has 0 saturated heterocycles. The fourth-order valence-corrected chi connectivity index (χ4v) is 17.1. The van der Waals surface area contributed by atoms with Gasteiger partial charge < -0.3 is 14.2 Å². The molecule has 5 aromatic heterocycles. The van der Waals surface area contributed by atoms with Crippen molar-refractivity contribution in [1.82, 2.24) is 9.97 Å². The number of nitrogens with zero attached hydrogens (tertiary/aromatic N) is 2. The van der Waals surface area contributed by atoms with Crippen LogP contribution in [0.1, 0.15) is 300 Å². The third-order valence-electron chi connectivity index (χ3n) is 15.9. The highest BCUT2D eigenvalue weighted by molar-refractivity contribution is 7.40. The molecule has 0 fully saturated rings. The Kier molecular flexibility index (Phi) is 33.5.